The molecule has 0 saturated heterocycles. The molecule has 0 fully saturated rings. The molecular formula is C64H57BN2OS. The van der Waals surface area contributed by atoms with E-state index in [1.165, 1.54) is 132 Å². The van der Waals surface area contributed by atoms with E-state index < -0.39 is 0 Å². The minimum absolute atomic E-state index is 0.0695. The summed E-state index contributed by atoms with van der Waals surface area (Å²) in [5.74, 6) is 0. The van der Waals surface area contributed by atoms with E-state index in [0.717, 1.165) is 35.2 Å². The van der Waals surface area contributed by atoms with E-state index in [-0.39, 0.29) is 21.7 Å². The number of para-hydroxylation sites is 1. The molecule has 1 aliphatic heterocycles. The molecule has 338 valence electrons. The number of anilines is 2. The predicted molar refractivity (Wildman–Crippen MR) is 299 cm³/mol. The van der Waals surface area contributed by atoms with Gasteiger partial charge in [0.1, 0.15) is 11.2 Å². The first-order valence-electron chi connectivity index (χ1n) is 25.1. The summed E-state index contributed by atoms with van der Waals surface area (Å²) in [5.41, 5.74) is 24.5. The summed E-state index contributed by atoms with van der Waals surface area (Å²) in [5, 5.41) is 11.7. The highest BCUT2D eigenvalue weighted by molar-refractivity contribution is 7.25. The second-order valence-electron chi connectivity index (χ2n) is 23.7. The van der Waals surface area contributed by atoms with Crippen LogP contribution in [0.15, 0.2) is 132 Å². The van der Waals surface area contributed by atoms with Gasteiger partial charge in [0.05, 0.1) is 5.52 Å². The monoisotopic (exact) mass is 912 g/mol. The predicted octanol–water partition coefficient (Wildman–Crippen LogP) is 16.4. The lowest BCUT2D eigenvalue weighted by molar-refractivity contribution is 0.332. The average molecular weight is 913 g/mol. The Morgan fingerprint density at radius 3 is 2.09 bits per heavy atom. The van der Waals surface area contributed by atoms with Crippen molar-refractivity contribution in [2.45, 2.75) is 104 Å². The fourth-order valence-electron chi connectivity index (χ4n) is 13.1. The summed E-state index contributed by atoms with van der Waals surface area (Å²) in [6, 6.07) is 49.2. The Bertz CT molecular complexity index is 4090. The van der Waals surface area contributed by atoms with E-state index in [2.05, 4.69) is 207 Å². The van der Waals surface area contributed by atoms with Crippen molar-refractivity contribution in [2.24, 2.45) is 0 Å². The summed E-state index contributed by atoms with van der Waals surface area (Å²) in [7, 11) is 0.829. The van der Waals surface area contributed by atoms with Crippen LogP contribution in [0, 0.1) is 6.92 Å². The van der Waals surface area contributed by atoms with Crippen molar-refractivity contribution in [2.75, 3.05) is 5.32 Å². The molecule has 0 radical (unpaired) electrons. The highest BCUT2D eigenvalue weighted by Crippen LogP contribution is 2.52. The molecule has 3 aliphatic rings. The quantitative estimate of drug-likeness (QED) is 0.179. The van der Waals surface area contributed by atoms with Gasteiger partial charge in [0, 0.05) is 81.3 Å². The maximum atomic E-state index is 6.67. The van der Waals surface area contributed by atoms with Crippen molar-refractivity contribution in [3.8, 4) is 27.9 Å². The van der Waals surface area contributed by atoms with E-state index in [1.807, 2.05) is 11.3 Å². The highest BCUT2D eigenvalue weighted by Gasteiger charge is 2.40. The Balaban J connectivity index is 1.08. The number of thiophene rings is 1. The molecule has 3 aromatic heterocycles. The van der Waals surface area contributed by atoms with Crippen LogP contribution in [-0.2, 0) is 21.7 Å². The van der Waals surface area contributed by atoms with Gasteiger partial charge in [-0.1, -0.05) is 135 Å². The van der Waals surface area contributed by atoms with Gasteiger partial charge in [-0.25, -0.2) is 0 Å². The second-order valence-corrected chi connectivity index (χ2v) is 24.8. The normalized spacial score (nSPS) is 16.3. The van der Waals surface area contributed by atoms with Crippen LogP contribution in [0.1, 0.15) is 109 Å². The third-order valence-corrected chi connectivity index (χ3v) is 18.2. The second kappa shape index (κ2) is 13.6. The van der Waals surface area contributed by atoms with E-state index >= 15 is 0 Å². The molecule has 1 N–H and O–H groups in total. The molecule has 5 heteroatoms. The van der Waals surface area contributed by atoms with Gasteiger partial charge >= 0.3 is 0 Å². The molecule has 0 unspecified atom stereocenters. The first-order chi connectivity index (χ1) is 32.9. The number of hydrogen-bond acceptors (Lipinski definition) is 3. The fraction of sp³-hybridized carbons (Fsp3) is 0.250. The lowest BCUT2D eigenvalue weighted by Gasteiger charge is -2.41. The van der Waals surface area contributed by atoms with Crippen LogP contribution in [0.25, 0.3) is 91.9 Å². The maximum absolute atomic E-state index is 6.67. The van der Waals surface area contributed by atoms with E-state index in [1.54, 1.807) is 0 Å². The molecule has 8 aromatic carbocycles. The van der Waals surface area contributed by atoms with Crippen molar-refractivity contribution < 1.29 is 4.42 Å². The molecular weight excluding hydrogens is 856 g/mol. The summed E-state index contributed by atoms with van der Waals surface area (Å²) >= 11 is 1.95. The van der Waals surface area contributed by atoms with Crippen molar-refractivity contribution >= 4 is 105 Å². The van der Waals surface area contributed by atoms with Crippen LogP contribution in [0.5, 0.6) is 0 Å². The SMILES string of the molecule is Cc1cc(-c2cc3c(cc2Nc2ccc(C(C)(C)C)cc2)sc2cc4c(cc23)C(C)(C)CCC4(C)C)c2c3c1c1cc4c(cc1n3-c1cc3c(cc1B2)C(C)(C)c1ccccc1-3)oc1ccccc14. The van der Waals surface area contributed by atoms with Crippen molar-refractivity contribution in [1.82, 2.24) is 4.57 Å². The lowest BCUT2D eigenvalue weighted by Crippen LogP contribution is -2.38. The van der Waals surface area contributed by atoms with Gasteiger partial charge in [0.15, 0.2) is 7.28 Å². The van der Waals surface area contributed by atoms with Gasteiger partial charge in [0.2, 0.25) is 0 Å². The van der Waals surface area contributed by atoms with Gasteiger partial charge in [-0.2, -0.15) is 0 Å². The Morgan fingerprint density at radius 1 is 0.594 bits per heavy atom. The van der Waals surface area contributed by atoms with Gasteiger partial charge in [-0.15, -0.1) is 11.3 Å². The number of nitrogens with zero attached hydrogens (tertiary/aromatic N) is 1. The first kappa shape index (κ1) is 41.4. The molecule has 0 atom stereocenters. The van der Waals surface area contributed by atoms with Crippen LogP contribution < -0.4 is 16.2 Å². The average Bonchev–Trinajstić information content (AvgIpc) is 4.03. The minimum Gasteiger partial charge on any atom is -0.456 e. The maximum Gasteiger partial charge on any atom is 0.198 e. The summed E-state index contributed by atoms with van der Waals surface area (Å²) in [4.78, 5) is 0. The van der Waals surface area contributed by atoms with E-state index in [9.17, 15) is 0 Å². The molecule has 11 aromatic rings. The van der Waals surface area contributed by atoms with Crippen molar-refractivity contribution in [1.29, 1.82) is 0 Å². The number of fused-ring (bicyclic) bond motifs is 15. The Labute approximate surface area is 409 Å². The first-order valence-corrected chi connectivity index (χ1v) is 25.9. The topological polar surface area (TPSA) is 30.1 Å². The van der Waals surface area contributed by atoms with Crippen LogP contribution in [0.2, 0.25) is 0 Å². The number of hydrogen-bond donors (Lipinski definition) is 1. The summed E-state index contributed by atoms with van der Waals surface area (Å²) in [6.45, 7) is 23.8. The molecule has 0 spiro atoms. The zero-order valence-electron chi connectivity index (χ0n) is 41.5. The Morgan fingerprint density at radius 2 is 1.30 bits per heavy atom. The highest BCUT2D eigenvalue weighted by atomic mass is 32.1. The van der Waals surface area contributed by atoms with Crippen molar-refractivity contribution in [3.05, 3.63) is 161 Å². The third-order valence-electron chi connectivity index (χ3n) is 17.1. The van der Waals surface area contributed by atoms with Crippen LogP contribution in [-0.4, -0.2) is 11.8 Å². The molecule has 14 rings (SSSR count). The molecule has 0 bridgehead atoms. The van der Waals surface area contributed by atoms with E-state index in [4.69, 9.17) is 4.42 Å². The summed E-state index contributed by atoms with van der Waals surface area (Å²) in [6.07, 6.45) is 2.40. The van der Waals surface area contributed by atoms with Crippen LogP contribution >= 0.6 is 11.3 Å². The minimum atomic E-state index is -0.112. The molecule has 0 saturated carbocycles. The standard InChI is InChI=1S/C64H57BN2OS/c1-34-25-44(40-26-42-43-28-48-49(63(7,8)24-23-62(48,5)6)31-56(43)69-57(42)32-51(40)66-36-21-19-35(20-22-36)61(2,3)4)59-60-58(34)45-27-41-38-16-12-14-18-54(38)68-55(41)33-52(45)67(60)53-29-39-37-15-11-13-17-46(37)64(9,10)47(39)30-50(53)65-59/h11-22,25-33,65-66H,23-24H2,1-10H3. The number of furan rings is 1. The molecule has 69 heavy (non-hydrogen) atoms. The molecule has 2 aliphatic carbocycles. The number of benzene rings is 8. The number of rotatable bonds is 3. The van der Waals surface area contributed by atoms with E-state index in [0.29, 0.717) is 0 Å². The zero-order chi connectivity index (χ0) is 47.3. The van der Waals surface area contributed by atoms with Gasteiger partial charge in [0.25, 0.3) is 0 Å². The number of aromatic nitrogens is 1. The van der Waals surface area contributed by atoms with Crippen LogP contribution in [0.4, 0.5) is 11.4 Å². The molecule has 0 amide bonds. The number of nitrogens with one attached hydrogen (secondary N) is 1. The fourth-order valence-corrected chi connectivity index (χ4v) is 14.3. The smallest absolute Gasteiger partial charge is 0.198 e. The molecule has 3 nitrogen and oxygen atoms in total. The van der Waals surface area contributed by atoms with Crippen molar-refractivity contribution in [3.63, 3.8) is 0 Å². The largest absolute Gasteiger partial charge is 0.456 e. The zero-order valence-corrected chi connectivity index (χ0v) is 42.3. The Kier molecular flexibility index (Phi) is 8.17. The van der Waals surface area contributed by atoms with Crippen LogP contribution in [0.3, 0.4) is 0 Å². The number of aryl methyl sites for hydroxylation is 1. The Hall–Kier alpha value is -6.56. The lowest BCUT2D eigenvalue weighted by atomic mass is 9.58. The van der Waals surface area contributed by atoms with Gasteiger partial charge < -0.3 is 14.3 Å². The third kappa shape index (κ3) is 5.74. The van der Waals surface area contributed by atoms with Gasteiger partial charge in [-0.05, 0) is 146 Å². The summed E-state index contributed by atoms with van der Waals surface area (Å²) < 4.78 is 12.0. The van der Waals surface area contributed by atoms with Gasteiger partial charge in [-0.3, -0.25) is 0 Å². The molecule has 4 heterocycles.